The molecular weight excluding hydrogens is 278 g/mol. The largest absolute Gasteiger partial charge is 0.384 e. The third-order valence-corrected chi connectivity index (χ3v) is 3.45. The normalized spacial score (nSPS) is 12.1. The van der Waals surface area contributed by atoms with Crippen LogP contribution in [0.5, 0.6) is 0 Å². The van der Waals surface area contributed by atoms with Crippen LogP contribution in [0.4, 0.5) is 0 Å². The van der Waals surface area contributed by atoms with E-state index in [0.717, 1.165) is 17.5 Å². The zero-order chi connectivity index (χ0) is 15.9. The molecule has 1 heterocycles. The smallest absolute Gasteiger partial charge is 0.222 e. The maximum Gasteiger partial charge on any atom is 0.222 e. The summed E-state index contributed by atoms with van der Waals surface area (Å²) in [5.74, 6) is 0.0257. The van der Waals surface area contributed by atoms with Crippen molar-refractivity contribution in [3.63, 3.8) is 0 Å². The average Bonchev–Trinajstić information content (AvgIpc) is 2.92. The van der Waals surface area contributed by atoms with Crippen molar-refractivity contribution in [1.82, 2.24) is 15.1 Å². The minimum absolute atomic E-state index is 0.0257. The molecule has 1 atom stereocenters. The highest BCUT2D eigenvalue weighted by molar-refractivity contribution is 5.76. The molecule has 0 aliphatic rings. The van der Waals surface area contributed by atoms with Gasteiger partial charge in [-0.05, 0) is 24.5 Å². The van der Waals surface area contributed by atoms with Crippen LogP contribution in [0.1, 0.15) is 18.9 Å². The first-order valence-electron chi connectivity index (χ1n) is 7.44. The van der Waals surface area contributed by atoms with E-state index in [2.05, 4.69) is 28.6 Å². The van der Waals surface area contributed by atoms with Gasteiger partial charge in [0.2, 0.25) is 5.91 Å². The average molecular weight is 301 g/mol. The Labute approximate surface area is 131 Å². The lowest BCUT2D eigenvalue weighted by atomic mass is 10.0. The van der Waals surface area contributed by atoms with Gasteiger partial charge in [0.15, 0.2) is 0 Å². The second-order valence-electron chi connectivity index (χ2n) is 5.52. The molecule has 0 spiro atoms. The summed E-state index contributed by atoms with van der Waals surface area (Å²) >= 11 is 0. The first-order chi connectivity index (χ1) is 10.6. The van der Waals surface area contributed by atoms with Crippen LogP contribution in [0, 0.1) is 0 Å². The summed E-state index contributed by atoms with van der Waals surface area (Å²) < 4.78 is 6.70. The summed E-state index contributed by atoms with van der Waals surface area (Å²) in [5.41, 5.74) is 3.44. The number of amides is 1. The van der Waals surface area contributed by atoms with Crippen molar-refractivity contribution in [2.45, 2.75) is 25.8 Å². The van der Waals surface area contributed by atoms with Crippen LogP contribution in [-0.4, -0.2) is 35.4 Å². The highest BCUT2D eigenvalue weighted by atomic mass is 16.5. The number of benzene rings is 1. The third-order valence-electron chi connectivity index (χ3n) is 3.45. The van der Waals surface area contributed by atoms with Crippen LogP contribution in [0.15, 0.2) is 36.7 Å². The minimum atomic E-state index is 0.0257. The fourth-order valence-electron chi connectivity index (χ4n) is 2.39. The van der Waals surface area contributed by atoms with Gasteiger partial charge in [-0.15, -0.1) is 0 Å². The maximum absolute atomic E-state index is 11.7. The highest BCUT2D eigenvalue weighted by Crippen LogP contribution is 2.20. The van der Waals surface area contributed by atoms with Crippen LogP contribution in [0.2, 0.25) is 0 Å². The second kappa shape index (κ2) is 7.75. The topological polar surface area (TPSA) is 56.1 Å². The van der Waals surface area contributed by atoms with E-state index < -0.39 is 0 Å². The van der Waals surface area contributed by atoms with E-state index in [1.54, 1.807) is 11.8 Å². The SMILES string of the molecule is COCCC(=O)N[C@H](C)Cc1cccc(-c2cnn(C)c2)c1. The highest BCUT2D eigenvalue weighted by Gasteiger charge is 2.09. The molecule has 0 saturated heterocycles. The Balaban J connectivity index is 1.97. The van der Waals surface area contributed by atoms with Crippen LogP contribution in [0.3, 0.4) is 0 Å². The van der Waals surface area contributed by atoms with Crippen molar-refractivity contribution in [2.75, 3.05) is 13.7 Å². The Kier molecular flexibility index (Phi) is 5.72. The number of hydrogen-bond acceptors (Lipinski definition) is 3. The van der Waals surface area contributed by atoms with Crippen molar-refractivity contribution in [2.24, 2.45) is 7.05 Å². The molecule has 5 nitrogen and oxygen atoms in total. The Hall–Kier alpha value is -2.14. The minimum Gasteiger partial charge on any atom is -0.384 e. The molecule has 2 rings (SSSR count). The van der Waals surface area contributed by atoms with Gasteiger partial charge in [-0.25, -0.2) is 0 Å². The van der Waals surface area contributed by atoms with Gasteiger partial charge in [0.25, 0.3) is 0 Å². The summed E-state index contributed by atoms with van der Waals surface area (Å²) in [6.07, 6.45) is 5.05. The third kappa shape index (κ3) is 4.70. The van der Waals surface area contributed by atoms with Crippen LogP contribution < -0.4 is 5.32 Å². The summed E-state index contributed by atoms with van der Waals surface area (Å²) in [6.45, 7) is 2.47. The number of aryl methyl sites for hydroxylation is 1. The number of ether oxygens (including phenoxy) is 1. The lowest BCUT2D eigenvalue weighted by Crippen LogP contribution is -2.34. The number of rotatable bonds is 7. The molecule has 1 aromatic carbocycles. The monoisotopic (exact) mass is 301 g/mol. The van der Waals surface area contributed by atoms with Crippen LogP contribution >= 0.6 is 0 Å². The number of hydrogen-bond donors (Lipinski definition) is 1. The van der Waals surface area contributed by atoms with Crippen molar-refractivity contribution in [1.29, 1.82) is 0 Å². The molecule has 0 saturated carbocycles. The zero-order valence-corrected chi connectivity index (χ0v) is 13.4. The van der Waals surface area contributed by atoms with Crippen LogP contribution in [0.25, 0.3) is 11.1 Å². The summed E-state index contributed by atoms with van der Waals surface area (Å²) in [6, 6.07) is 8.43. The number of carbonyl (C=O) groups excluding carboxylic acids is 1. The van der Waals surface area contributed by atoms with E-state index in [9.17, 15) is 4.79 Å². The van der Waals surface area contributed by atoms with Crippen LogP contribution in [-0.2, 0) is 23.0 Å². The van der Waals surface area contributed by atoms with E-state index in [0.29, 0.717) is 13.0 Å². The first-order valence-corrected chi connectivity index (χ1v) is 7.44. The van der Waals surface area contributed by atoms with Gasteiger partial charge in [0, 0.05) is 38.4 Å². The molecule has 22 heavy (non-hydrogen) atoms. The van der Waals surface area contributed by atoms with Crippen molar-refractivity contribution >= 4 is 5.91 Å². The molecule has 118 valence electrons. The molecule has 0 fully saturated rings. The summed E-state index contributed by atoms with van der Waals surface area (Å²) in [4.78, 5) is 11.7. The summed E-state index contributed by atoms with van der Waals surface area (Å²) in [7, 11) is 3.51. The van der Waals surface area contributed by atoms with Gasteiger partial charge in [-0.1, -0.05) is 24.3 Å². The molecule has 0 unspecified atom stereocenters. The van der Waals surface area contributed by atoms with Crippen molar-refractivity contribution in [3.8, 4) is 11.1 Å². The summed E-state index contributed by atoms with van der Waals surface area (Å²) in [5, 5.41) is 7.19. The lowest BCUT2D eigenvalue weighted by Gasteiger charge is -2.14. The van der Waals surface area contributed by atoms with Gasteiger partial charge in [0.1, 0.15) is 0 Å². The molecule has 0 aliphatic heterocycles. The van der Waals surface area contributed by atoms with E-state index in [1.807, 2.05) is 32.4 Å². The van der Waals surface area contributed by atoms with Gasteiger partial charge >= 0.3 is 0 Å². The number of carbonyl (C=O) groups is 1. The van der Waals surface area contributed by atoms with Gasteiger partial charge in [-0.2, -0.15) is 5.10 Å². The number of methoxy groups -OCH3 is 1. The molecule has 0 bridgehead atoms. The number of nitrogens with zero attached hydrogens (tertiary/aromatic N) is 2. The molecular formula is C17H23N3O2. The quantitative estimate of drug-likeness (QED) is 0.852. The molecule has 1 aromatic heterocycles. The lowest BCUT2D eigenvalue weighted by molar-refractivity contribution is -0.122. The Morgan fingerprint density at radius 3 is 2.91 bits per heavy atom. The number of aromatic nitrogens is 2. The van der Waals surface area contributed by atoms with Gasteiger partial charge < -0.3 is 10.1 Å². The van der Waals surface area contributed by atoms with E-state index in [-0.39, 0.29) is 11.9 Å². The van der Waals surface area contributed by atoms with E-state index in [4.69, 9.17) is 4.74 Å². The Morgan fingerprint density at radius 2 is 2.23 bits per heavy atom. The maximum atomic E-state index is 11.7. The van der Waals surface area contributed by atoms with Crippen molar-refractivity contribution < 1.29 is 9.53 Å². The van der Waals surface area contributed by atoms with E-state index >= 15 is 0 Å². The second-order valence-corrected chi connectivity index (χ2v) is 5.52. The zero-order valence-electron chi connectivity index (χ0n) is 13.4. The van der Waals surface area contributed by atoms with E-state index in [1.165, 1.54) is 5.56 Å². The number of nitrogens with one attached hydrogen (secondary N) is 1. The molecule has 0 aliphatic carbocycles. The van der Waals surface area contributed by atoms with Crippen molar-refractivity contribution in [3.05, 3.63) is 42.2 Å². The first kappa shape index (κ1) is 16.2. The molecule has 1 N–H and O–H groups in total. The predicted molar refractivity (Wildman–Crippen MR) is 86.4 cm³/mol. The fraction of sp³-hybridized carbons (Fsp3) is 0.412. The Morgan fingerprint density at radius 1 is 1.41 bits per heavy atom. The van der Waals surface area contributed by atoms with Gasteiger partial charge in [0.05, 0.1) is 12.8 Å². The molecule has 1 amide bonds. The molecule has 2 aromatic rings. The standard InChI is InChI=1S/C17H23N3O2/c1-13(19-17(21)7-8-22-3)9-14-5-4-6-15(10-14)16-11-18-20(2)12-16/h4-6,10-13H,7-9H2,1-3H3,(H,19,21)/t13-/m1/s1. The Bertz CT molecular complexity index is 622. The van der Waals surface area contributed by atoms with Gasteiger partial charge in [-0.3, -0.25) is 9.48 Å². The molecule has 5 heteroatoms. The molecule has 0 radical (unpaired) electrons. The fourth-order valence-corrected chi connectivity index (χ4v) is 2.39. The predicted octanol–water partition coefficient (Wildman–Crippen LogP) is 2.17.